The molecule has 0 aromatic heterocycles. The highest BCUT2D eigenvalue weighted by molar-refractivity contribution is 6.05. The van der Waals surface area contributed by atoms with Crippen molar-refractivity contribution in [2.75, 3.05) is 25.3 Å². The van der Waals surface area contributed by atoms with Gasteiger partial charge in [-0.2, -0.15) is 0 Å². The third-order valence-corrected chi connectivity index (χ3v) is 6.12. The average Bonchev–Trinajstić information content (AvgIpc) is 2.93. The summed E-state index contributed by atoms with van der Waals surface area (Å²) in [7, 11) is 3.09. The molecule has 6 N–H and O–H groups in total. The lowest BCUT2D eigenvalue weighted by Gasteiger charge is -2.36. The summed E-state index contributed by atoms with van der Waals surface area (Å²) in [6.45, 7) is 0. The molecule has 0 aliphatic carbocycles. The molecule has 0 aliphatic rings. The van der Waals surface area contributed by atoms with Crippen LogP contribution in [0.2, 0.25) is 0 Å². The van der Waals surface area contributed by atoms with Crippen molar-refractivity contribution in [3.05, 3.63) is 119 Å². The maximum absolute atomic E-state index is 12.9. The molecule has 4 aromatic rings. The van der Waals surface area contributed by atoms with E-state index >= 15 is 0 Å². The van der Waals surface area contributed by atoms with Gasteiger partial charge in [-0.05, 0) is 53.1 Å². The quantitative estimate of drug-likeness (QED) is 0.211. The van der Waals surface area contributed by atoms with Gasteiger partial charge in [0.25, 0.3) is 5.91 Å². The third kappa shape index (κ3) is 5.04. The Balaban J connectivity index is 1.83. The molecule has 0 spiro atoms. The first kappa shape index (κ1) is 25.1. The Kier molecular flexibility index (Phi) is 7.29. The van der Waals surface area contributed by atoms with Crippen LogP contribution < -0.4 is 31.6 Å². The second-order valence-electron chi connectivity index (χ2n) is 8.29. The highest BCUT2D eigenvalue weighted by Gasteiger charge is 2.38. The number of hydrogen-bond donors (Lipinski definition) is 4. The molecule has 1 atom stereocenters. The van der Waals surface area contributed by atoms with E-state index in [1.165, 1.54) is 0 Å². The van der Waals surface area contributed by atoms with Crippen LogP contribution in [0.1, 0.15) is 27.0 Å². The number of nitrogens with two attached hydrogens (primary N) is 2. The van der Waals surface area contributed by atoms with E-state index in [2.05, 4.69) is 10.6 Å². The van der Waals surface area contributed by atoms with Crippen LogP contribution in [0, 0.1) is 0 Å². The van der Waals surface area contributed by atoms with Crippen LogP contribution in [0.25, 0.3) is 0 Å². The van der Waals surface area contributed by atoms with Crippen LogP contribution in [-0.4, -0.2) is 26.2 Å². The topological polar surface area (TPSA) is 129 Å². The lowest BCUT2D eigenvalue weighted by Crippen LogP contribution is -2.50. The SMILES string of the molecule is COc1ccc(C(NC(N)=O)(c2ccccc2)c2ccc(C(=O)Nc3ccccc3N)cc2)cc1OC. The molecule has 0 fully saturated rings. The molecule has 4 rings (SSSR count). The number of para-hydroxylation sites is 2. The molecule has 0 aliphatic heterocycles. The molecular weight excluding hydrogens is 468 g/mol. The number of ether oxygens (including phenoxy) is 2. The van der Waals surface area contributed by atoms with Crippen LogP contribution in [0.4, 0.5) is 16.2 Å². The van der Waals surface area contributed by atoms with E-state index in [0.29, 0.717) is 39.6 Å². The van der Waals surface area contributed by atoms with Crippen molar-refractivity contribution in [1.82, 2.24) is 5.32 Å². The number of primary amides is 1. The van der Waals surface area contributed by atoms with Gasteiger partial charge in [-0.1, -0.05) is 60.7 Å². The van der Waals surface area contributed by atoms with E-state index < -0.39 is 11.6 Å². The zero-order valence-electron chi connectivity index (χ0n) is 20.5. The molecule has 37 heavy (non-hydrogen) atoms. The Morgan fingerprint density at radius 1 is 0.730 bits per heavy atom. The number of carbonyl (C=O) groups excluding carboxylic acids is 2. The van der Waals surface area contributed by atoms with Crippen LogP contribution in [0.5, 0.6) is 11.5 Å². The Bertz CT molecular complexity index is 1410. The number of nitrogen functional groups attached to an aromatic ring is 1. The van der Waals surface area contributed by atoms with Crippen LogP contribution in [-0.2, 0) is 5.54 Å². The zero-order chi connectivity index (χ0) is 26.4. The number of hydrogen-bond acceptors (Lipinski definition) is 5. The van der Waals surface area contributed by atoms with Crippen LogP contribution in [0.15, 0.2) is 97.1 Å². The molecule has 8 heteroatoms. The number of carbonyl (C=O) groups is 2. The van der Waals surface area contributed by atoms with Crippen LogP contribution in [0.3, 0.4) is 0 Å². The minimum absolute atomic E-state index is 0.316. The monoisotopic (exact) mass is 496 g/mol. The fourth-order valence-electron chi connectivity index (χ4n) is 4.34. The number of methoxy groups -OCH3 is 2. The first-order valence-electron chi connectivity index (χ1n) is 11.5. The molecular formula is C29H28N4O4. The Hall–Kier alpha value is -4.98. The van der Waals surface area contributed by atoms with E-state index in [-0.39, 0.29) is 5.91 Å². The molecule has 0 radical (unpaired) electrons. The molecule has 0 saturated heterocycles. The molecule has 8 nitrogen and oxygen atoms in total. The van der Waals surface area contributed by atoms with Gasteiger partial charge in [-0.25, -0.2) is 4.79 Å². The number of amides is 3. The van der Waals surface area contributed by atoms with Gasteiger partial charge >= 0.3 is 6.03 Å². The summed E-state index contributed by atoms with van der Waals surface area (Å²) < 4.78 is 10.9. The number of urea groups is 1. The van der Waals surface area contributed by atoms with Gasteiger partial charge in [-0.15, -0.1) is 0 Å². The molecule has 0 saturated carbocycles. The summed E-state index contributed by atoms with van der Waals surface area (Å²) in [5.74, 6) is 0.714. The fraction of sp³-hybridized carbons (Fsp3) is 0.103. The summed E-state index contributed by atoms with van der Waals surface area (Å²) in [5, 5.41) is 5.78. The van der Waals surface area contributed by atoms with Crippen molar-refractivity contribution in [2.45, 2.75) is 5.54 Å². The normalized spacial score (nSPS) is 12.2. The third-order valence-electron chi connectivity index (χ3n) is 6.12. The van der Waals surface area contributed by atoms with Crippen LogP contribution >= 0.6 is 0 Å². The van der Waals surface area contributed by atoms with Crippen molar-refractivity contribution in [3.8, 4) is 11.5 Å². The largest absolute Gasteiger partial charge is 0.493 e. The first-order valence-corrected chi connectivity index (χ1v) is 11.5. The maximum atomic E-state index is 12.9. The molecule has 0 heterocycles. The Morgan fingerprint density at radius 3 is 1.95 bits per heavy atom. The van der Waals surface area contributed by atoms with E-state index in [9.17, 15) is 9.59 Å². The van der Waals surface area contributed by atoms with E-state index in [1.807, 2.05) is 36.4 Å². The predicted molar refractivity (Wildman–Crippen MR) is 144 cm³/mol. The smallest absolute Gasteiger partial charge is 0.313 e. The average molecular weight is 497 g/mol. The summed E-state index contributed by atoms with van der Waals surface area (Å²) in [5.41, 5.74) is 14.0. The summed E-state index contributed by atoms with van der Waals surface area (Å²) >= 11 is 0. The van der Waals surface area contributed by atoms with E-state index in [4.69, 9.17) is 20.9 Å². The number of rotatable bonds is 8. The minimum Gasteiger partial charge on any atom is -0.493 e. The zero-order valence-corrected chi connectivity index (χ0v) is 20.5. The van der Waals surface area contributed by atoms with E-state index in [0.717, 1.165) is 5.56 Å². The molecule has 3 amide bonds. The molecule has 4 aromatic carbocycles. The van der Waals surface area contributed by atoms with Crippen molar-refractivity contribution in [3.63, 3.8) is 0 Å². The number of anilines is 2. The predicted octanol–water partition coefficient (Wildman–Crippen LogP) is 4.50. The van der Waals surface area contributed by atoms with Gasteiger partial charge in [0.05, 0.1) is 25.6 Å². The molecule has 188 valence electrons. The number of nitrogens with one attached hydrogen (secondary N) is 2. The lowest BCUT2D eigenvalue weighted by molar-refractivity contribution is 0.102. The molecule has 0 bridgehead atoms. The lowest BCUT2D eigenvalue weighted by atomic mass is 9.76. The van der Waals surface area contributed by atoms with Gasteiger partial charge < -0.3 is 31.6 Å². The van der Waals surface area contributed by atoms with Gasteiger partial charge in [-0.3, -0.25) is 4.79 Å². The van der Waals surface area contributed by atoms with E-state index in [1.54, 1.807) is 74.9 Å². The number of benzene rings is 4. The van der Waals surface area contributed by atoms with Crippen molar-refractivity contribution < 1.29 is 19.1 Å². The molecule has 1 unspecified atom stereocenters. The van der Waals surface area contributed by atoms with Gasteiger partial charge in [0.15, 0.2) is 11.5 Å². The Morgan fingerprint density at radius 2 is 1.32 bits per heavy atom. The second kappa shape index (κ2) is 10.7. The van der Waals surface area contributed by atoms with Crippen molar-refractivity contribution >= 4 is 23.3 Å². The summed E-state index contributed by atoms with van der Waals surface area (Å²) in [4.78, 5) is 25.3. The first-order chi connectivity index (χ1) is 17.9. The summed E-state index contributed by atoms with van der Waals surface area (Å²) in [6, 6.07) is 28.1. The van der Waals surface area contributed by atoms with Gasteiger partial charge in [0.2, 0.25) is 0 Å². The van der Waals surface area contributed by atoms with Crippen molar-refractivity contribution in [2.24, 2.45) is 5.73 Å². The van der Waals surface area contributed by atoms with Crippen molar-refractivity contribution in [1.29, 1.82) is 0 Å². The van der Waals surface area contributed by atoms with Gasteiger partial charge in [0, 0.05) is 5.56 Å². The maximum Gasteiger partial charge on any atom is 0.313 e. The highest BCUT2D eigenvalue weighted by Crippen LogP contribution is 2.40. The minimum atomic E-state index is -1.19. The fourth-order valence-corrected chi connectivity index (χ4v) is 4.34. The second-order valence-corrected chi connectivity index (χ2v) is 8.29. The van der Waals surface area contributed by atoms with Gasteiger partial charge in [0.1, 0.15) is 5.54 Å². The Labute approximate surface area is 215 Å². The standard InChI is InChI=1S/C29H28N4O4/c1-36-25-17-16-22(18-26(25)37-2)29(33-28(31)35,20-8-4-3-5-9-20)21-14-12-19(13-15-21)27(34)32-24-11-7-6-10-23(24)30/h3-18H,30H2,1-2H3,(H,32,34)(H3,31,33,35). The highest BCUT2D eigenvalue weighted by atomic mass is 16.5. The summed E-state index contributed by atoms with van der Waals surface area (Å²) in [6.07, 6.45) is 0.